The van der Waals surface area contributed by atoms with Crippen LogP contribution in [0.1, 0.15) is 20.8 Å². The van der Waals surface area contributed by atoms with Crippen molar-refractivity contribution in [1.29, 1.82) is 0 Å². The van der Waals surface area contributed by atoms with E-state index in [1.165, 1.54) is 4.90 Å². The number of carbonyl (C=O) groups is 2. The third-order valence-corrected chi connectivity index (χ3v) is 4.24. The van der Waals surface area contributed by atoms with Crippen LogP contribution < -0.4 is 5.32 Å². The number of hydrogen-bond donors (Lipinski definition) is 1. The Labute approximate surface area is 146 Å². The van der Waals surface area contributed by atoms with Crippen LogP contribution in [0.3, 0.4) is 0 Å². The number of ether oxygens (including phenoxy) is 1. The second-order valence-electron chi connectivity index (χ2n) is 6.20. The zero-order valence-electron chi connectivity index (χ0n) is 12.7. The first-order valence-corrected chi connectivity index (χ1v) is 8.48. The number of rotatable bonds is 2. The summed E-state index contributed by atoms with van der Waals surface area (Å²) in [5.41, 5.74) is 0.191. The van der Waals surface area contributed by atoms with Crippen LogP contribution in [0, 0.1) is 5.92 Å². The van der Waals surface area contributed by atoms with E-state index in [0.717, 1.165) is 8.95 Å². The van der Waals surface area contributed by atoms with Crippen molar-refractivity contribution >= 4 is 49.5 Å². The fourth-order valence-electron chi connectivity index (χ4n) is 1.95. The molecule has 0 unspecified atom stereocenters. The van der Waals surface area contributed by atoms with Gasteiger partial charge in [-0.05, 0) is 54.9 Å². The Morgan fingerprint density at radius 3 is 2.45 bits per heavy atom. The molecule has 1 N–H and O–H groups in total. The van der Waals surface area contributed by atoms with Crippen molar-refractivity contribution < 1.29 is 14.3 Å². The molecule has 5 nitrogen and oxygen atoms in total. The van der Waals surface area contributed by atoms with E-state index in [0.29, 0.717) is 18.8 Å². The molecule has 2 rings (SSSR count). The normalized spacial score (nSPS) is 15.2. The molecule has 1 aliphatic rings. The second kappa shape index (κ2) is 6.58. The van der Waals surface area contributed by atoms with Gasteiger partial charge in [0.15, 0.2) is 0 Å². The lowest BCUT2D eigenvalue weighted by molar-refractivity contribution is -0.124. The minimum atomic E-state index is -0.521. The molecule has 1 aromatic carbocycles. The van der Waals surface area contributed by atoms with Gasteiger partial charge < -0.3 is 15.0 Å². The summed E-state index contributed by atoms with van der Waals surface area (Å²) < 4.78 is 6.99. The average molecular weight is 434 g/mol. The van der Waals surface area contributed by atoms with Gasteiger partial charge in [-0.3, -0.25) is 4.79 Å². The second-order valence-corrected chi connectivity index (χ2v) is 7.97. The SMILES string of the molecule is CC(C)(C)OC(=O)N1CC(C(=O)Nc2ccc(Br)cc2Br)C1. The topological polar surface area (TPSA) is 58.6 Å². The van der Waals surface area contributed by atoms with E-state index < -0.39 is 5.60 Å². The van der Waals surface area contributed by atoms with Crippen LogP contribution in [0.5, 0.6) is 0 Å². The molecule has 1 fully saturated rings. The van der Waals surface area contributed by atoms with Gasteiger partial charge >= 0.3 is 6.09 Å². The van der Waals surface area contributed by atoms with Crippen LogP contribution in [0.2, 0.25) is 0 Å². The molecule has 0 aromatic heterocycles. The van der Waals surface area contributed by atoms with Crippen molar-refractivity contribution in [3.63, 3.8) is 0 Å². The summed E-state index contributed by atoms with van der Waals surface area (Å²) in [5.74, 6) is -0.300. The van der Waals surface area contributed by atoms with Crippen molar-refractivity contribution in [1.82, 2.24) is 4.90 Å². The van der Waals surface area contributed by atoms with Gasteiger partial charge in [-0.1, -0.05) is 15.9 Å². The van der Waals surface area contributed by atoms with Gasteiger partial charge in [-0.15, -0.1) is 0 Å². The molecule has 0 atom stereocenters. The highest BCUT2D eigenvalue weighted by Gasteiger charge is 2.37. The highest BCUT2D eigenvalue weighted by molar-refractivity contribution is 9.11. The molecule has 1 aliphatic heterocycles. The molecule has 7 heteroatoms. The van der Waals surface area contributed by atoms with Crippen molar-refractivity contribution in [3.8, 4) is 0 Å². The molecule has 0 aliphatic carbocycles. The lowest BCUT2D eigenvalue weighted by atomic mass is 10.00. The predicted octanol–water partition coefficient (Wildman–Crippen LogP) is 4.02. The third kappa shape index (κ3) is 4.46. The first-order chi connectivity index (χ1) is 10.2. The van der Waals surface area contributed by atoms with E-state index in [9.17, 15) is 9.59 Å². The Kier molecular flexibility index (Phi) is 5.17. The summed E-state index contributed by atoms with van der Waals surface area (Å²) in [7, 11) is 0. The van der Waals surface area contributed by atoms with E-state index in [1.54, 1.807) is 0 Å². The minimum Gasteiger partial charge on any atom is -0.444 e. The molecular weight excluding hydrogens is 416 g/mol. The Morgan fingerprint density at radius 1 is 1.27 bits per heavy atom. The monoisotopic (exact) mass is 432 g/mol. The van der Waals surface area contributed by atoms with Gasteiger partial charge in [0.25, 0.3) is 0 Å². The molecule has 2 amide bonds. The maximum Gasteiger partial charge on any atom is 0.410 e. The van der Waals surface area contributed by atoms with Gasteiger partial charge in [0.2, 0.25) is 5.91 Å². The summed E-state index contributed by atoms with van der Waals surface area (Å²) in [6, 6.07) is 5.54. The van der Waals surface area contributed by atoms with Crippen molar-refractivity contribution in [2.75, 3.05) is 18.4 Å². The average Bonchev–Trinajstić information content (AvgIpc) is 2.28. The minimum absolute atomic E-state index is 0.0946. The van der Waals surface area contributed by atoms with Crippen LogP contribution in [0.25, 0.3) is 0 Å². The highest BCUT2D eigenvalue weighted by atomic mass is 79.9. The number of likely N-dealkylation sites (tertiary alicyclic amines) is 1. The first-order valence-electron chi connectivity index (χ1n) is 6.89. The summed E-state index contributed by atoms with van der Waals surface area (Å²) in [6.07, 6.45) is -0.374. The van der Waals surface area contributed by atoms with Crippen LogP contribution in [-0.2, 0) is 9.53 Å². The molecule has 1 aromatic rings. The molecule has 0 radical (unpaired) electrons. The van der Waals surface area contributed by atoms with Crippen molar-refractivity contribution in [2.45, 2.75) is 26.4 Å². The molecule has 1 heterocycles. The number of carbonyl (C=O) groups excluding carboxylic acids is 2. The van der Waals surface area contributed by atoms with Crippen LogP contribution >= 0.6 is 31.9 Å². The van der Waals surface area contributed by atoms with E-state index in [1.807, 2.05) is 39.0 Å². The largest absolute Gasteiger partial charge is 0.444 e. The van der Waals surface area contributed by atoms with Crippen LogP contribution in [0.4, 0.5) is 10.5 Å². The predicted molar refractivity (Wildman–Crippen MR) is 91.8 cm³/mol. The molecule has 120 valence electrons. The summed E-state index contributed by atoms with van der Waals surface area (Å²) in [5, 5.41) is 2.86. The number of benzene rings is 1. The standard InChI is InChI=1S/C15H18Br2N2O3/c1-15(2,3)22-14(21)19-7-9(8-19)13(20)18-12-5-4-10(16)6-11(12)17/h4-6,9H,7-8H2,1-3H3,(H,18,20). The maximum atomic E-state index is 12.2. The third-order valence-electron chi connectivity index (χ3n) is 3.09. The van der Waals surface area contributed by atoms with Crippen molar-refractivity contribution in [3.05, 3.63) is 27.1 Å². The van der Waals surface area contributed by atoms with Crippen LogP contribution in [0.15, 0.2) is 27.1 Å². The van der Waals surface area contributed by atoms with Gasteiger partial charge in [-0.2, -0.15) is 0 Å². The van der Waals surface area contributed by atoms with Gasteiger partial charge in [0.05, 0.1) is 11.6 Å². The number of halogens is 2. The number of nitrogens with zero attached hydrogens (tertiary/aromatic N) is 1. The number of amides is 2. The Balaban J connectivity index is 1.85. The number of hydrogen-bond acceptors (Lipinski definition) is 3. The Bertz CT molecular complexity index is 593. The lowest BCUT2D eigenvalue weighted by Gasteiger charge is -2.38. The number of nitrogens with one attached hydrogen (secondary N) is 1. The smallest absolute Gasteiger partial charge is 0.410 e. The maximum absolute atomic E-state index is 12.2. The molecule has 0 saturated carbocycles. The van der Waals surface area contributed by atoms with Gasteiger partial charge in [-0.25, -0.2) is 4.79 Å². The zero-order valence-corrected chi connectivity index (χ0v) is 15.8. The first kappa shape index (κ1) is 17.3. The molecule has 0 spiro atoms. The summed E-state index contributed by atoms with van der Waals surface area (Å²) in [6.45, 7) is 6.23. The molecule has 0 bridgehead atoms. The quantitative estimate of drug-likeness (QED) is 0.766. The lowest BCUT2D eigenvalue weighted by Crippen LogP contribution is -2.55. The summed E-state index contributed by atoms with van der Waals surface area (Å²) >= 11 is 6.77. The van der Waals surface area contributed by atoms with E-state index in [-0.39, 0.29) is 17.9 Å². The fraction of sp³-hybridized carbons (Fsp3) is 0.467. The van der Waals surface area contributed by atoms with E-state index >= 15 is 0 Å². The zero-order chi connectivity index (χ0) is 16.5. The number of anilines is 1. The van der Waals surface area contributed by atoms with Crippen LogP contribution in [-0.4, -0.2) is 35.6 Å². The molecule has 22 heavy (non-hydrogen) atoms. The summed E-state index contributed by atoms with van der Waals surface area (Å²) in [4.78, 5) is 25.5. The highest BCUT2D eigenvalue weighted by Crippen LogP contribution is 2.28. The molecule has 1 saturated heterocycles. The fourth-order valence-corrected chi connectivity index (χ4v) is 3.09. The van der Waals surface area contributed by atoms with Gasteiger partial charge in [0.1, 0.15) is 5.60 Å². The molecular formula is C15H18Br2N2O3. The van der Waals surface area contributed by atoms with Crippen molar-refractivity contribution in [2.24, 2.45) is 5.92 Å². The Morgan fingerprint density at radius 2 is 1.91 bits per heavy atom. The Hall–Kier alpha value is -1.08. The van der Waals surface area contributed by atoms with E-state index in [4.69, 9.17) is 4.74 Å². The van der Waals surface area contributed by atoms with E-state index in [2.05, 4.69) is 37.2 Å². The van der Waals surface area contributed by atoms with Gasteiger partial charge in [0, 0.05) is 22.0 Å².